The number of nitrogens with zero attached hydrogens (tertiary/aromatic N) is 2. The molecular weight excluding hydrogens is 308 g/mol. The van der Waals surface area contributed by atoms with Gasteiger partial charge in [-0.2, -0.15) is 0 Å². The first-order chi connectivity index (χ1) is 11.7. The average Bonchev–Trinajstić information content (AvgIpc) is 2.57. The fourth-order valence-corrected chi connectivity index (χ4v) is 3.44. The molecule has 0 bridgehead atoms. The van der Waals surface area contributed by atoms with E-state index in [1.165, 1.54) is 0 Å². The summed E-state index contributed by atoms with van der Waals surface area (Å²) in [6.07, 6.45) is 2.92. The standard InChI is InChI=1S/C18H20N2O4/c21-16(22)15-14(23-12-13-5-2-1-3-6-13)11-20-9-10-24-18(7-4-8-18)17(20)19-15/h1-3,5-6H,4,7-12H2,(H,21,22). The summed E-state index contributed by atoms with van der Waals surface area (Å²) in [5.41, 5.74) is 0.639. The maximum atomic E-state index is 11.7. The smallest absolute Gasteiger partial charge is 0.358 e. The van der Waals surface area contributed by atoms with Crippen molar-refractivity contribution in [3.05, 3.63) is 47.4 Å². The third-order valence-electron chi connectivity index (χ3n) is 4.88. The minimum atomic E-state index is -1.05. The molecule has 1 saturated heterocycles. The van der Waals surface area contributed by atoms with Gasteiger partial charge in [0.25, 0.3) is 0 Å². The number of hydrogen-bond donors (Lipinski definition) is 1. The number of hydrogen-bond acceptors (Lipinski definition) is 5. The third kappa shape index (κ3) is 2.57. The molecule has 6 nitrogen and oxygen atoms in total. The lowest BCUT2D eigenvalue weighted by Crippen LogP contribution is -2.61. The fourth-order valence-electron chi connectivity index (χ4n) is 3.44. The lowest BCUT2D eigenvalue weighted by molar-refractivity contribution is -0.133. The second-order valence-electron chi connectivity index (χ2n) is 6.40. The number of carboxylic acid groups (broad SMARTS) is 1. The van der Waals surface area contributed by atoms with Crippen LogP contribution >= 0.6 is 0 Å². The number of fused-ring (bicyclic) bond motifs is 2. The Morgan fingerprint density at radius 3 is 2.79 bits per heavy atom. The van der Waals surface area contributed by atoms with Gasteiger partial charge in [-0.05, 0) is 24.8 Å². The van der Waals surface area contributed by atoms with Crippen LogP contribution in [0.25, 0.3) is 0 Å². The van der Waals surface area contributed by atoms with Gasteiger partial charge in [-0.15, -0.1) is 0 Å². The second kappa shape index (κ2) is 5.94. The topological polar surface area (TPSA) is 71.4 Å². The zero-order chi connectivity index (χ0) is 16.6. The summed E-state index contributed by atoms with van der Waals surface area (Å²) >= 11 is 0. The Labute approximate surface area is 140 Å². The van der Waals surface area contributed by atoms with E-state index >= 15 is 0 Å². The van der Waals surface area contributed by atoms with Gasteiger partial charge < -0.3 is 19.5 Å². The van der Waals surface area contributed by atoms with Gasteiger partial charge in [0.15, 0.2) is 5.70 Å². The molecule has 4 rings (SSSR count). The number of aliphatic carboxylic acids is 1. The molecule has 0 amide bonds. The molecule has 2 aliphatic heterocycles. The van der Waals surface area contributed by atoms with Crippen LogP contribution in [0.4, 0.5) is 0 Å². The molecule has 1 aliphatic carbocycles. The molecular formula is C18H20N2O4. The molecule has 3 aliphatic rings. The lowest BCUT2D eigenvalue weighted by atomic mass is 9.77. The van der Waals surface area contributed by atoms with Gasteiger partial charge in [0.2, 0.25) is 0 Å². The molecule has 1 spiro atoms. The van der Waals surface area contributed by atoms with Gasteiger partial charge in [0, 0.05) is 6.54 Å². The first-order valence-corrected chi connectivity index (χ1v) is 8.29. The van der Waals surface area contributed by atoms with Crippen molar-refractivity contribution in [2.75, 3.05) is 19.7 Å². The summed E-state index contributed by atoms with van der Waals surface area (Å²) in [5.74, 6) is 0.140. The number of carboxylic acids is 1. The molecule has 126 valence electrons. The summed E-state index contributed by atoms with van der Waals surface area (Å²) in [6, 6.07) is 9.72. The predicted octanol–water partition coefficient (Wildman–Crippen LogP) is 2.17. The van der Waals surface area contributed by atoms with Crippen molar-refractivity contribution < 1.29 is 19.4 Å². The highest BCUT2D eigenvalue weighted by Crippen LogP contribution is 2.41. The van der Waals surface area contributed by atoms with E-state index < -0.39 is 5.97 Å². The van der Waals surface area contributed by atoms with Crippen LogP contribution in [-0.4, -0.2) is 47.1 Å². The minimum Gasteiger partial charge on any atom is -0.489 e. The highest BCUT2D eigenvalue weighted by atomic mass is 16.5. The van der Waals surface area contributed by atoms with E-state index in [0.29, 0.717) is 32.1 Å². The number of benzene rings is 1. The van der Waals surface area contributed by atoms with Crippen LogP contribution in [-0.2, 0) is 20.9 Å². The molecule has 1 N–H and O–H groups in total. The van der Waals surface area contributed by atoms with Crippen LogP contribution in [0.15, 0.2) is 46.8 Å². The Hall–Kier alpha value is -2.34. The number of rotatable bonds is 4. The number of aliphatic imine (C=N–C) groups is 1. The van der Waals surface area contributed by atoms with E-state index in [9.17, 15) is 9.90 Å². The van der Waals surface area contributed by atoms with E-state index in [2.05, 4.69) is 9.89 Å². The van der Waals surface area contributed by atoms with Crippen LogP contribution in [0, 0.1) is 0 Å². The normalized spacial score (nSPS) is 21.8. The molecule has 2 fully saturated rings. The van der Waals surface area contributed by atoms with Crippen molar-refractivity contribution in [2.24, 2.45) is 4.99 Å². The van der Waals surface area contributed by atoms with Gasteiger partial charge in [-0.25, -0.2) is 9.79 Å². The van der Waals surface area contributed by atoms with Crippen molar-refractivity contribution >= 4 is 11.8 Å². The minimum absolute atomic E-state index is 0.00829. The van der Waals surface area contributed by atoms with Crippen molar-refractivity contribution in [3.63, 3.8) is 0 Å². The Bertz CT molecular complexity index is 707. The molecule has 1 saturated carbocycles. The van der Waals surface area contributed by atoms with Gasteiger partial charge in [0.05, 0.1) is 13.2 Å². The summed E-state index contributed by atoms with van der Waals surface area (Å²) in [4.78, 5) is 18.2. The van der Waals surface area contributed by atoms with Crippen LogP contribution in [0.5, 0.6) is 0 Å². The Morgan fingerprint density at radius 1 is 1.33 bits per heavy atom. The molecule has 0 unspecified atom stereocenters. The van der Waals surface area contributed by atoms with Gasteiger partial charge >= 0.3 is 5.97 Å². The van der Waals surface area contributed by atoms with E-state index in [-0.39, 0.29) is 11.3 Å². The van der Waals surface area contributed by atoms with Gasteiger partial charge in [-0.1, -0.05) is 30.3 Å². The second-order valence-corrected chi connectivity index (χ2v) is 6.40. The summed E-state index contributed by atoms with van der Waals surface area (Å²) in [6.45, 7) is 2.14. The average molecular weight is 328 g/mol. The Morgan fingerprint density at radius 2 is 2.12 bits per heavy atom. The zero-order valence-electron chi connectivity index (χ0n) is 13.4. The van der Waals surface area contributed by atoms with Crippen LogP contribution in [0.1, 0.15) is 24.8 Å². The van der Waals surface area contributed by atoms with Gasteiger partial charge in [0.1, 0.15) is 23.8 Å². The molecule has 0 atom stereocenters. The third-order valence-corrected chi connectivity index (χ3v) is 4.88. The molecule has 1 aromatic carbocycles. The van der Waals surface area contributed by atoms with E-state index in [0.717, 1.165) is 30.7 Å². The number of morpholine rings is 1. The Kier molecular flexibility index (Phi) is 3.76. The highest BCUT2D eigenvalue weighted by molar-refractivity contribution is 5.99. The van der Waals surface area contributed by atoms with Crippen molar-refractivity contribution in [1.82, 2.24) is 4.90 Å². The predicted molar refractivity (Wildman–Crippen MR) is 87.4 cm³/mol. The number of amidine groups is 1. The largest absolute Gasteiger partial charge is 0.489 e. The molecule has 1 aromatic rings. The summed E-state index contributed by atoms with van der Waals surface area (Å²) < 4.78 is 11.8. The van der Waals surface area contributed by atoms with E-state index in [4.69, 9.17) is 9.47 Å². The van der Waals surface area contributed by atoms with Crippen LogP contribution in [0.3, 0.4) is 0 Å². The summed E-state index contributed by atoms with van der Waals surface area (Å²) in [7, 11) is 0. The maximum absolute atomic E-state index is 11.7. The van der Waals surface area contributed by atoms with Crippen molar-refractivity contribution in [1.29, 1.82) is 0 Å². The number of ether oxygens (including phenoxy) is 2. The highest BCUT2D eigenvalue weighted by Gasteiger charge is 2.49. The Balaban J connectivity index is 1.61. The first kappa shape index (κ1) is 15.2. The molecule has 0 radical (unpaired) electrons. The quantitative estimate of drug-likeness (QED) is 0.917. The van der Waals surface area contributed by atoms with Crippen molar-refractivity contribution in [2.45, 2.75) is 31.5 Å². The monoisotopic (exact) mass is 328 g/mol. The van der Waals surface area contributed by atoms with Crippen LogP contribution in [0.2, 0.25) is 0 Å². The van der Waals surface area contributed by atoms with Gasteiger partial charge in [-0.3, -0.25) is 0 Å². The van der Waals surface area contributed by atoms with E-state index in [1.807, 2.05) is 30.3 Å². The summed E-state index contributed by atoms with van der Waals surface area (Å²) in [5, 5.41) is 9.55. The molecule has 6 heteroatoms. The zero-order valence-corrected chi connectivity index (χ0v) is 13.4. The molecule has 24 heavy (non-hydrogen) atoms. The van der Waals surface area contributed by atoms with Crippen molar-refractivity contribution in [3.8, 4) is 0 Å². The fraction of sp³-hybridized carbons (Fsp3) is 0.444. The first-order valence-electron chi connectivity index (χ1n) is 8.29. The van der Waals surface area contributed by atoms with Crippen LogP contribution < -0.4 is 0 Å². The molecule has 2 heterocycles. The van der Waals surface area contributed by atoms with E-state index in [1.54, 1.807) is 0 Å². The maximum Gasteiger partial charge on any atom is 0.358 e. The molecule has 0 aromatic heterocycles. The lowest BCUT2D eigenvalue weighted by Gasteiger charge is -2.50. The number of carbonyl (C=O) groups is 1. The SMILES string of the molecule is O=C(O)C1=C(OCc2ccccc2)CN2CCOC3(CCC3)C2=N1.